The largest absolute Gasteiger partial charge is 0.198 e. The molecule has 0 heterocycles. The van der Waals surface area contributed by atoms with Crippen LogP contribution in [-0.4, -0.2) is 0 Å². The quantitative estimate of drug-likeness (QED) is 0.706. The van der Waals surface area contributed by atoms with Gasteiger partial charge in [0.1, 0.15) is 0 Å². The summed E-state index contributed by atoms with van der Waals surface area (Å²) in [6, 6.07) is 17.7. The molecule has 1 nitrogen and oxygen atoms in total. The fourth-order valence-electron chi connectivity index (χ4n) is 3.02. The number of nitrogens with zero attached hydrogens (tertiary/aromatic N) is 1. The number of hydrogen-bond acceptors (Lipinski definition) is 1. The molecule has 90 valence electrons. The van der Waals surface area contributed by atoms with Crippen molar-refractivity contribution in [2.45, 2.75) is 31.6 Å². The number of rotatable bonds is 1. The van der Waals surface area contributed by atoms with E-state index in [2.05, 4.69) is 48.5 Å². The van der Waals surface area contributed by atoms with E-state index in [1.807, 2.05) is 0 Å². The monoisotopic (exact) mass is 235 g/mol. The molecule has 3 rings (SSSR count). The highest BCUT2D eigenvalue weighted by Gasteiger charge is 2.21. The van der Waals surface area contributed by atoms with Crippen molar-refractivity contribution >= 4 is 10.8 Å². The van der Waals surface area contributed by atoms with E-state index in [9.17, 15) is 0 Å². The van der Waals surface area contributed by atoms with E-state index in [1.54, 1.807) is 0 Å². The van der Waals surface area contributed by atoms with Crippen LogP contribution in [0.1, 0.15) is 37.2 Å². The predicted octanol–water partition coefficient (Wildman–Crippen LogP) is 4.64. The molecule has 0 aliphatic heterocycles. The van der Waals surface area contributed by atoms with E-state index in [4.69, 9.17) is 5.26 Å². The zero-order valence-electron chi connectivity index (χ0n) is 10.5. The molecule has 0 aromatic heterocycles. The molecular weight excluding hydrogens is 218 g/mol. The molecule has 1 heteroatoms. The predicted molar refractivity (Wildman–Crippen MR) is 74.3 cm³/mol. The molecule has 1 saturated carbocycles. The number of fused-ring (bicyclic) bond motifs is 1. The third-order valence-electron chi connectivity index (χ3n) is 4.15. The van der Waals surface area contributed by atoms with Gasteiger partial charge >= 0.3 is 0 Å². The average molecular weight is 235 g/mol. The molecule has 0 N–H and O–H groups in total. The number of nitriles is 1. The van der Waals surface area contributed by atoms with Crippen LogP contribution in [0.4, 0.5) is 0 Å². The maximum Gasteiger partial charge on any atom is 0.0655 e. The SMILES string of the molecule is N#CC1CCC(c2ccc3ccccc3c2)CC1. The molecule has 18 heavy (non-hydrogen) atoms. The Hall–Kier alpha value is -1.81. The highest BCUT2D eigenvalue weighted by atomic mass is 14.3. The van der Waals surface area contributed by atoms with Crippen molar-refractivity contribution in [2.75, 3.05) is 0 Å². The fourth-order valence-corrected chi connectivity index (χ4v) is 3.02. The Morgan fingerprint density at radius 2 is 1.61 bits per heavy atom. The summed E-state index contributed by atoms with van der Waals surface area (Å²) >= 11 is 0. The Morgan fingerprint density at radius 3 is 2.33 bits per heavy atom. The molecule has 0 saturated heterocycles. The van der Waals surface area contributed by atoms with Crippen molar-refractivity contribution in [1.82, 2.24) is 0 Å². The summed E-state index contributed by atoms with van der Waals surface area (Å²) in [5.41, 5.74) is 1.45. The van der Waals surface area contributed by atoms with E-state index in [0.717, 1.165) is 25.7 Å². The summed E-state index contributed by atoms with van der Waals surface area (Å²) < 4.78 is 0. The fraction of sp³-hybridized carbons (Fsp3) is 0.353. The van der Waals surface area contributed by atoms with Crippen LogP contribution in [0, 0.1) is 17.2 Å². The standard InChI is InChI=1S/C17H17N/c18-12-13-5-7-15(8-6-13)17-10-9-14-3-1-2-4-16(14)11-17/h1-4,9-11,13,15H,5-8H2. The van der Waals surface area contributed by atoms with Crippen molar-refractivity contribution in [1.29, 1.82) is 5.26 Å². The van der Waals surface area contributed by atoms with Crippen LogP contribution in [0.15, 0.2) is 42.5 Å². The van der Waals surface area contributed by atoms with E-state index in [0.29, 0.717) is 11.8 Å². The third kappa shape index (κ3) is 2.11. The molecule has 0 spiro atoms. The number of benzene rings is 2. The Labute approximate surface area is 108 Å². The van der Waals surface area contributed by atoms with Crippen LogP contribution in [0.2, 0.25) is 0 Å². The van der Waals surface area contributed by atoms with Crippen molar-refractivity contribution in [3.05, 3.63) is 48.0 Å². The minimum absolute atomic E-state index is 0.293. The Bertz CT molecular complexity index is 586. The highest BCUT2D eigenvalue weighted by Crippen LogP contribution is 2.36. The summed E-state index contributed by atoms with van der Waals surface area (Å²) in [5, 5.41) is 11.6. The normalized spacial score (nSPS) is 23.7. The molecule has 1 aliphatic carbocycles. The van der Waals surface area contributed by atoms with E-state index in [1.165, 1.54) is 16.3 Å². The second kappa shape index (κ2) is 4.82. The molecule has 1 aliphatic rings. The van der Waals surface area contributed by atoms with Gasteiger partial charge in [-0.05, 0) is 47.9 Å². The van der Waals surface area contributed by atoms with Crippen LogP contribution in [-0.2, 0) is 0 Å². The minimum atomic E-state index is 0.293. The Kier molecular flexibility index (Phi) is 3.02. The molecule has 0 unspecified atom stereocenters. The van der Waals surface area contributed by atoms with E-state index in [-0.39, 0.29) is 0 Å². The van der Waals surface area contributed by atoms with Gasteiger partial charge in [-0.3, -0.25) is 0 Å². The van der Waals surface area contributed by atoms with Gasteiger partial charge in [-0.2, -0.15) is 5.26 Å². The molecule has 2 aromatic rings. The summed E-state index contributed by atoms with van der Waals surface area (Å²) in [7, 11) is 0. The summed E-state index contributed by atoms with van der Waals surface area (Å²) in [5.74, 6) is 0.945. The zero-order chi connectivity index (χ0) is 12.4. The van der Waals surface area contributed by atoms with E-state index < -0.39 is 0 Å². The lowest BCUT2D eigenvalue weighted by molar-refractivity contribution is 0.382. The van der Waals surface area contributed by atoms with Gasteiger partial charge in [0.05, 0.1) is 6.07 Å². The molecule has 0 amide bonds. The molecule has 2 aromatic carbocycles. The van der Waals surface area contributed by atoms with Crippen LogP contribution < -0.4 is 0 Å². The van der Waals surface area contributed by atoms with Gasteiger partial charge in [0.15, 0.2) is 0 Å². The molecule has 0 bridgehead atoms. The average Bonchev–Trinajstić information content (AvgIpc) is 2.47. The van der Waals surface area contributed by atoms with Gasteiger partial charge in [0, 0.05) is 5.92 Å². The smallest absolute Gasteiger partial charge is 0.0655 e. The maximum atomic E-state index is 8.94. The second-order valence-corrected chi connectivity index (χ2v) is 5.28. The third-order valence-corrected chi connectivity index (χ3v) is 4.15. The first-order valence-corrected chi connectivity index (χ1v) is 6.75. The maximum absolute atomic E-state index is 8.94. The highest BCUT2D eigenvalue weighted by molar-refractivity contribution is 5.83. The van der Waals surface area contributed by atoms with Crippen LogP contribution in [0.3, 0.4) is 0 Å². The molecule has 1 fully saturated rings. The second-order valence-electron chi connectivity index (χ2n) is 5.28. The first-order chi connectivity index (χ1) is 8.86. The zero-order valence-corrected chi connectivity index (χ0v) is 10.5. The van der Waals surface area contributed by atoms with Gasteiger partial charge in [-0.15, -0.1) is 0 Å². The van der Waals surface area contributed by atoms with Gasteiger partial charge in [-0.1, -0.05) is 42.5 Å². The van der Waals surface area contributed by atoms with Crippen molar-refractivity contribution in [2.24, 2.45) is 5.92 Å². The van der Waals surface area contributed by atoms with Gasteiger partial charge in [-0.25, -0.2) is 0 Å². The van der Waals surface area contributed by atoms with E-state index >= 15 is 0 Å². The van der Waals surface area contributed by atoms with Crippen LogP contribution >= 0.6 is 0 Å². The van der Waals surface area contributed by atoms with Crippen LogP contribution in [0.5, 0.6) is 0 Å². The Balaban J connectivity index is 1.85. The first kappa shape index (κ1) is 11.3. The Morgan fingerprint density at radius 1 is 0.889 bits per heavy atom. The topological polar surface area (TPSA) is 23.8 Å². The van der Waals surface area contributed by atoms with Gasteiger partial charge in [0.2, 0.25) is 0 Å². The minimum Gasteiger partial charge on any atom is -0.198 e. The van der Waals surface area contributed by atoms with Crippen LogP contribution in [0.25, 0.3) is 10.8 Å². The molecular formula is C17H17N. The lowest BCUT2D eigenvalue weighted by atomic mass is 9.79. The number of hydrogen-bond donors (Lipinski definition) is 0. The van der Waals surface area contributed by atoms with Crippen molar-refractivity contribution in [3.8, 4) is 6.07 Å². The lowest BCUT2D eigenvalue weighted by Gasteiger charge is -2.25. The van der Waals surface area contributed by atoms with Gasteiger partial charge < -0.3 is 0 Å². The van der Waals surface area contributed by atoms with Gasteiger partial charge in [0.25, 0.3) is 0 Å². The van der Waals surface area contributed by atoms with Crippen molar-refractivity contribution in [3.63, 3.8) is 0 Å². The molecule has 0 atom stereocenters. The summed E-state index contributed by atoms with van der Waals surface area (Å²) in [6.45, 7) is 0. The first-order valence-electron chi connectivity index (χ1n) is 6.75. The van der Waals surface area contributed by atoms with Crippen molar-refractivity contribution < 1.29 is 0 Å². The molecule has 0 radical (unpaired) electrons. The summed E-state index contributed by atoms with van der Waals surface area (Å²) in [6.07, 6.45) is 4.45. The lowest BCUT2D eigenvalue weighted by Crippen LogP contribution is -2.11. The summed E-state index contributed by atoms with van der Waals surface area (Å²) in [4.78, 5) is 0.